The number of aryl methyl sites for hydroxylation is 1. The molecule has 2 N–H and O–H groups in total. The van der Waals surface area contributed by atoms with Gasteiger partial charge in [-0.05, 0) is 43.0 Å². The van der Waals surface area contributed by atoms with Gasteiger partial charge in [-0.25, -0.2) is 9.18 Å². The summed E-state index contributed by atoms with van der Waals surface area (Å²) in [4.78, 5) is 25.4. The van der Waals surface area contributed by atoms with Crippen molar-refractivity contribution in [3.63, 3.8) is 0 Å². The number of amides is 1. The quantitative estimate of drug-likeness (QED) is 0.693. The van der Waals surface area contributed by atoms with Gasteiger partial charge in [-0.2, -0.15) is 0 Å². The summed E-state index contributed by atoms with van der Waals surface area (Å²) in [6.07, 6.45) is 0. The van der Waals surface area contributed by atoms with E-state index in [0.29, 0.717) is 10.6 Å². The van der Waals surface area contributed by atoms with Gasteiger partial charge in [0.1, 0.15) is 10.8 Å². The van der Waals surface area contributed by atoms with E-state index in [1.165, 1.54) is 30.6 Å². The first-order chi connectivity index (χ1) is 12.7. The second-order valence-corrected chi connectivity index (χ2v) is 7.91. The van der Waals surface area contributed by atoms with Gasteiger partial charge in [0.15, 0.2) is 0 Å². The van der Waals surface area contributed by atoms with Crippen molar-refractivity contribution in [2.45, 2.75) is 33.7 Å². The van der Waals surface area contributed by atoms with Crippen molar-refractivity contribution in [3.8, 4) is 0 Å². The number of esters is 1. The number of methoxy groups -OCH3 is 1. The number of carbonyl (C=O) groups is 2. The first-order valence-electron chi connectivity index (χ1n) is 8.71. The number of thiophene rings is 1. The van der Waals surface area contributed by atoms with E-state index in [1.54, 1.807) is 12.1 Å². The van der Waals surface area contributed by atoms with Crippen molar-refractivity contribution in [1.82, 2.24) is 5.32 Å². The summed E-state index contributed by atoms with van der Waals surface area (Å²) < 4.78 is 18.0. The Balaban J connectivity index is 2.08. The molecule has 0 aliphatic carbocycles. The number of rotatable bonds is 7. The number of ether oxygens (including phenoxy) is 1. The van der Waals surface area contributed by atoms with Gasteiger partial charge < -0.3 is 15.4 Å². The highest BCUT2D eigenvalue weighted by molar-refractivity contribution is 7.16. The molecule has 1 aromatic carbocycles. The molecule has 1 aromatic heterocycles. The van der Waals surface area contributed by atoms with Crippen LogP contribution in [0.1, 0.15) is 46.3 Å². The van der Waals surface area contributed by atoms with Gasteiger partial charge in [0.2, 0.25) is 5.91 Å². The fraction of sp³-hybridized carbons (Fsp3) is 0.400. The highest BCUT2D eigenvalue weighted by atomic mass is 32.1. The molecule has 27 heavy (non-hydrogen) atoms. The van der Waals surface area contributed by atoms with Gasteiger partial charge in [-0.1, -0.05) is 26.0 Å². The van der Waals surface area contributed by atoms with Crippen LogP contribution in [0.2, 0.25) is 0 Å². The minimum Gasteiger partial charge on any atom is -0.465 e. The van der Waals surface area contributed by atoms with E-state index < -0.39 is 5.97 Å². The largest absolute Gasteiger partial charge is 0.465 e. The van der Waals surface area contributed by atoms with Crippen LogP contribution < -0.4 is 10.6 Å². The second kappa shape index (κ2) is 9.10. The number of hydrogen-bond acceptors (Lipinski definition) is 5. The van der Waals surface area contributed by atoms with Crippen molar-refractivity contribution >= 4 is 28.2 Å². The summed E-state index contributed by atoms with van der Waals surface area (Å²) in [6.45, 7) is 7.84. The number of nitrogens with one attached hydrogen (secondary N) is 2. The lowest BCUT2D eigenvalue weighted by Crippen LogP contribution is -2.33. The van der Waals surface area contributed by atoms with Gasteiger partial charge in [0.05, 0.1) is 19.2 Å². The van der Waals surface area contributed by atoms with Crippen LogP contribution in [0.3, 0.4) is 0 Å². The molecule has 0 saturated carbocycles. The van der Waals surface area contributed by atoms with Crippen molar-refractivity contribution in [3.05, 3.63) is 51.7 Å². The third-order valence-electron chi connectivity index (χ3n) is 4.41. The molecule has 1 heterocycles. The van der Waals surface area contributed by atoms with E-state index in [2.05, 4.69) is 10.6 Å². The van der Waals surface area contributed by atoms with E-state index in [4.69, 9.17) is 4.74 Å². The molecule has 0 bridgehead atoms. The smallest absolute Gasteiger partial charge is 0.341 e. The predicted octanol–water partition coefficient (Wildman–Crippen LogP) is 4.22. The molecule has 2 aromatic rings. The lowest BCUT2D eigenvalue weighted by atomic mass is 9.96. The second-order valence-electron chi connectivity index (χ2n) is 6.68. The normalized spacial score (nSPS) is 12.1. The molecule has 0 fully saturated rings. The minimum atomic E-state index is -0.466. The number of carbonyl (C=O) groups excluding carboxylic acids is 2. The third kappa shape index (κ3) is 5.14. The van der Waals surface area contributed by atoms with E-state index in [-0.39, 0.29) is 30.2 Å². The fourth-order valence-corrected chi connectivity index (χ4v) is 3.91. The Bertz CT molecular complexity index is 815. The van der Waals surface area contributed by atoms with E-state index in [1.807, 2.05) is 27.7 Å². The molecule has 0 spiro atoms. The Labute approximate surface area is 162 Å². The Morgan fingerprint density at radius 1 is 1.19 bits per heavy atom. The summed E-state index contributed by atoms with van der Waals surface area (Å²) in [7, 11) is 1.32. The van der Waals surface area contributed by atoms with E-state index in [9.17, 15) is 14.0 Å². The molecule has 1 amide bonds. The number of anilines is 1. The van der Waals surface area contributed by atoms with Crippen molar-refractivity contribution < 1.29 is 18.7 Å². The van der Waals surface area contributed by atoms with Crippen LogP contribution in [0.4, 0.5) is 9.39 Å². The third-order valence-corrected chi connectivity index (χ3v) is 5.53. The number of hydrogen-bond donors (Lipinski definition) is 2. The molecule has 0 radical (unpaired) electrons. The molecule has 0 unspecified atom stereocenters. The average Bonchev–Trinajstić information content (AvgIpc) is 2.89. The molecular formula is C20H25FN2O3S. The van der Waals surface area contributed by atoms with Crippen molar-refractivity contribution in [1.29, 1.82) is 0 Å². The van der Waals surface area contributed by atoms with Crippen LogP contribution in [0.5, 0.6) is 0 Å². The minimum absolute atomic E-state index is 0.0663. The average molecular weight is 392 g/mol. The zero-order chi connectivity index (χ0) is 20.1. The Morgan fingerprint density at radius 2 is 1.81 bits per heavy atom. The first-order valence-corrected chi connectivity index (χ1v) is 9.53. The fourth-order valence-electron chi connectivity index (χ4n) is 2.84. The molecule has 0 saturated heterocycles. The van der Waals surface area contributed by atoms with Crippen LogP contribution in [-0.4, -0.2) is 25.5 Å². The van der Waals surface area contributed by atoms with Gasteiger partial charge >= 0.3 is 5.97 Å². The summed E-state index contributed by atoms with van der Waals surface area (Å²) in [5.41, 5.74) is 2.12. The SMILES string of the molecule is COC(=O)c1c(NC(=O)CN[C@H](c2ccc(F)cc2)C(C)C)sc(C)c1C. The summed E-state index contributed by atoms with van der Waals surface area (Å²) in [5, 5.41) is 6.50. The van der Waals surface area contributed by atoms with Crippen LogP contribution >= 0.6 is 11.3 Å². The molecular weight excluding hydrogens is 367 g/mol. The highest BCUT2D eigenvalue weighted by Crippen LogP contribution is 2.33. The van der Waals surface area contributed by atoms with Crippen LogP contribution in [0.15, 0.2) is 24.3 Å². The summed E-state index contributed by atoms with van der Waals surface area (Å²) in [6, 6.07) is 6.15. The van der Waals surface area contributed by atoms with Crippen molar-refractivity contribution in [2.24, 2.45) is 5.92 Å². The molecule has 146 valence electrons. The van der Waals surface area contributed by atoms with Crippen molar-refractivity contribution in [2.75, 3.05) is 19.0 Å². The highest BCUT2D eigenvalue weighted by Gasteiger charge is 2.22. The number of benzene rings is 1. The lowest BCUT2D eigenvalue weighted by Gasteiger charge is -2.22. The van der Waals surface area contributed by atoms with Gasteiger partial charge in [0.25, 0.3) is 0 Å². The maximum absolute atomic E-state index is 13.2. The summed E-state index contributed by atoms with van der Waals surface area (Å²) >= 11 is 1.35. The molecule has 7 heteroatoms. The van der Waals surface area contributed by atoms with E-state index >= 15 is 0 Å². The molecule has 1 atom stereocenters. The first kappa shape index (κ1) is 21.1. The Hall–Kier alpha value is -2.25. The maximum Gasteiger partial charge on any atom is 0.341 e. The van der Waals surface area contributed by atoms with Gasteiger partial charge in [-0.15, -0.1) is 11.3 Å². The zero-order valence-corrected chi connectivity index (χ0v) is 17.0. The lowest BCUT2D eigenvalue weighted by molar-refractivity contribution is -0.115. The maximum atomic E-state index is 13.2. The predicted molar refractivity (Wildman–Crippen MR) is 106 cm³/mol. The standard InChI is InChI=1S/C20H25FN2O3S/c1-11(2)18(14-6-8-15(21)9-7-14)22-10-16(24)23-19-17(20(25)26-5)12(3)13(4)27-19/h6-9,11,18,22H,10H2,1-5H3,(H,23,24)/t18-/m0/s1. The van der Waals surface area contributed by atoms with Gasteiger partial charge in [-0.3, -0.25) is 4.79 Å². The molecule has 5 nitrogen and oxygen atoms in total. The number of halogens is 1. The van der Waals surface area contributed by atoms with Crippen LogP contribution in [0, 0.1) is 25.6 Å². The Kier molecular flexibility index (Phi) is 7.10. The monoisotopic (exact) mass is 392 g/mol. The van der Waals surface area contributed by atoms with E-state index in [0.717, 1.165) is 16.0 Å². The topological polar surface area (TPSA) is 67.4 Å². The molecule has 0 aliphatic rings. The molecule has 2 rings (SSSR count). The Morgan fingerprint density at radius 3 is 2.37 bits per heavy atom. The van der Waals surface area contributed by atoms with Crippen LogP contribution in [-0.2, 0) is 9.53 Å². The summed E-state index contributed by atoms with van der Waals surface area (Å²) in [5.74, 6) is -0.807. The molecule has 0 aliphatic heterocycles. The van der Waals surface area contributed by atoms with Gasteiger partial charge in [0, 0.05) is 10.9 Å². The van der Waals surface area contributed by atoms with Crippen LogP contribution in [0.25, 0.3) is 0 Å². The zero-order valence-electron chi connectivity index (χ0n) is 16.2.